The van der Waals surface area contributed by atoms with Gasteiger partial charge >= 0.3 is 6.16 Å². The van der Waals surface area contributed by atoms with E-state index in [1.165, 1.54) is 44.6 Å². The summed E-state index contributed by atoms with van der Waals surface area (Å²) in [5, 5.41) is 0.366. The average Bonchev–Trinajstić information content (AvgIpc) is 2.87. The van der Waals surface area contributed by atoms with Crippen molar-refractivity contribution in [2.24, 2.45) is 0 Å². The first kappa shape index (κ1) is 20.9. The quantitative estimate of drug-likeness (QED) is 0.486. The van der Waals surface area contributed by atoms with Crippen molar-refractivity contribution in [2.45, 2.75) is 29.5 Å². The summed E-state index contributed by atoms with van der Waals surface area (Å²) in [6.07, 6.45) is 1.60. The fourth-order valence-corrected chi connectivity index (χ4v) is 2.49. The summed E-state index contributed by atoms with van der Waals surface area (Å²) in [4.78, 5) is 38.4. The minimum Gasteiger partial charge on any atom is -0.424 e. The summed E-state index contributed by atoms with van der Waals surface area (Å²) in [5.41, 5.74) is -1.38. The number of anilines is 1. The molecule has 0 aromatic carbocycles. The molecule has 1 amide bonds. The molecular weight excluding hydrogens is 454 g/mol. The van der Waals surface area contributed by atoms with Gasteiger partial charge in [-0.15, -0.1) is 0 Å². The van der Waals surface area contributed by atoms with Crippen molar-refractivity contribution in [1.29, 1.82) is 0 Å². The van der Waals surface area contributed by atoms with Crippen LogP contribution in [0.15, 0.2) is 30.7 Å². The maximum Gasteiger partial charge on any atom is 0.511 e. The molecule has 1 aliphatic heterocycles. The Morgan fingerprint density at radius 3 is 2.43 bits per heavy atom. The van der Waals surface area contributed by atoms with Crippen LogP contribution in [0.1, 0.15) is 36.3 Å². The number of halogens is 4. The van der Waals surface area contributed by atoms with Gasteiger partial charge in [-0.2, -0.15) is 0 Å². The van der Waals surface area contributed by atoms with Crippen LogP contribution in [0.4, 0.5) is 10.6 Å². The van der Waals surface area contributed by atoms with Crippen molar-refractivity contribution in [3.05, 3.63) is 47.1 Å². The van der Waals surface area contributed by atoms with E-state index in [0.29, 0.717) is 5.02 Å². The number of carbonyl (C=O) groups is 2. The van der Waals surface area contributed by atoms with Gasteiger partial charge in [-0.25, -0.2) is 19.7 Å². The minimum atomic E-state index is -1.91. The molecular formula is C16H12Cl4N4O4. The highest BCUT2D eigenvalue weighted by atomic mass is 35.6. The van der Waals surface area contributed by atoms with E-state index in [4.69, 9.17) is 55.9 Å². The second kappa shape index (κ2) is 7.51. The third-order valence-electron chi connectivity index (χ3n) is 3.80. The number of aromatic nitrogens is 3. The van der Waals surface area contributed by atoms with Crippen molar-refractivity contribution in [1.82, 2.24) is 15.0 Å². The molecule has 148 valence electrons. The maximum atomic E-state index is 12.8. The molecule has 0 radical (unpaired) electrons. The fraction of sp³-hybridized carbons (Fsp3) is 0.312. The predicted octanol–water partition coefficient (Wildman–Crippen LogP) is 4.49. The lowest BCUT2D eigenvalue weighted by Crippen LogP contribution is -2.42. The van der Waals surface area contributed by atoms with E-state index in [2.05, 4.69) is 15.0 Å². The number of amides is 1. The van der Waals surface area contributed by atoms with Gasteiger partial charge in [-0.05, 0) is 26.0 Å². The summed E-state index contributed by atoms with van der Waals surface area (Å²) < 4.78 is 8.55. The number of hydrogen-bond donors (Lipinski definition) is 0. The van der Waals surface area contributed by atoms with Crippen LogP contribution in [-0.4, -0.2) is 36.4 Å². The molecule has 0 spiro atoms. The zero-order valence-corrected chi connectivity index (χ0v) is 17.4. The molecule has 0 unspecified atom stereocenters. The summed E-state index contributed by atoms with van der Waals surface area (Å²) in [6.45, 7) is 2.79. The number of carbonyl (C=O) groups excluding carboxylic acids is 2. The number of alkyl halides is 3. The van der Waals surface area contributed by atoms with Crippen LogP contribution in [0.25, 0.3) is 0 Å². The van der Waals surface area contributed by atoms with Crippen LogP contribution in [0.3, 0.4) is 0 Å². The van der Waals surface area contributed by atoms with Crippen molar-refractivity contribution < 1.29 is 19.1 Å². The highest BCUT2D eigenvalue weighted by Crippen LogP contribution is 2.41. The third-order valence-corrected chi connectivity index (χ3v) is 5.39. The topological polar surface area (TPSA) is 94.5 Å². The van der Waals surface area contributed by atoms with Crippen LogP contribution in [-0.2, 0) is 9.47 Å². The zero-order chi connectivity index (χ0) is 20.7. The number of rotatable bonds is 3. The molecule has 0 N–H and O–H groups in total. The van der Waals surface area contributed by atoms with Gasteiger partial charge in [0.25, 0.3) is 5.91 Å². The largest absolute Gasteiger partial charge is 0.511 e. The first-order chi connectivity index (χ1) is 13.0. The van der Waals surface area contributed by atoms with Gasteiger partial charge in [-0.1, -0.05) is 46.4 Å². The van der Waals surface area contributed by atoms with Gasteiger partial charge in [0.05, 0.1) is 5.02 Å². The van der Waals surface area contributed by atoms with Gasteiger partial charge in [0.15, 0.2) is 11.3 Å². The number of nitrogens with zero attached hydrogens (tertiary/aromatic N) is 4. The molecule has 8 nitrogen and oxygen atoms in total. The van der Waals surface area contributed by atoms with Gasteiger partial charge < -0.3 is 9.47 Å². The van der Waals surface area contributed by atoms with E-state index < -0.39 is 27.7 Å². The molecule has 0 saturated carbocycles. The Balaban J connectivity index is 1.92. The summed E-state index contributed by atoms with van der Waals surface area (Å²) in [7, 11) is 0. The van der Waals surface area contributed by atoms with Gasteiger partial charge in [0, 0.05) is 18.6 Å². The predicted molar refractivity (Wildman–Crippen MR) is 103 cm³/mol. The Morgan fingerprint density at radius 2 is 1.82 bits per heavy atom. The third kappa shape index (κ3) is 3.96. The molecule has 12 heteroatoms. The Hall–Kier alpha value is -1.87. The molecule has 1 atom stereocenters. The molecule has 28 heavy (non-hydrogen) atoms. The Labute approximate surface area is 179 Å². The Morgan fingerprint density at radius 1 is 1.14 bits per heavy atom. The number of ether oxygens (including phenoxy) is 2. The van der Waals surface area contributed by atoms with Crippen LogP contribution < -0.4 is 4.90 Å². The normalized spacial score (nSPS) is 16.7. The lowest BCUT2D eigenvalue weighted by atomic mass is 10.2. The van der Waals surface area contributed by atoms with Crippen molar-refractivity contribution >= 4 is 64.3 Å². The maximum absolute atomic E-state index is 12.8. The first-order valence-corrected chi connectivity index (χ1v) is 9.25. The number of fused-ring (bicyclic) bond motifs is 1. The second-order valence-corrected chi connectivity index (χ2v) is 8.85. The van der Waals surface area contributed by atoms with Gasteiger partial charge in [0.2, 0.25) is 10.0 Å². The average molecular weight is 466 g/mol. The van der Waals surface area contributed by atoms with Gasteiger partial charge in [0.1, 0.15) is 11.5 Å². The lowest BCUT2D eigenvalue weighted by Gasteiger charge is -2.32. The second-order valence-electron chi connectivity index (χ2n) is 6.13. The summed E-state index contributed by atoms with van der Waals surface area (Å²) in [6, 6.07) is 3.02. The lowest BCUT2D eigenvalue weighted by molar-refractivity contribution is -0.0325. The molecule has 0 fully saturated rings. The van der Waals surface area contributed by atoms with E-state index in [9.17, 15) is 9.59 Å². The summed E-state index contributed by atoms with van der Waals surface area (Å²) in [5.74, 6) is -0.385. The molecule has 2 aromatic rings. The van der Waals surface area contributed by atoms with Crippen LogP contribution in [0.5, 0.6) is 0 Å². The molecule has 0 saturated heterocycles. The van der Waals surface area contributed by atoms with E-state index in [-0.39, 0.29) is 17.2 Å². The smallest absolute Gasteiger partial charge is 0.424 e. The number of pyridine rings is 1. The SMILES string of the molecule is CC(C)(OC(=O)O[C@H]1c2nccnc2C(=O)N1c1ccc(Cl)cn1)C(Cl)(Cl)Cl. The van der Waals surface area contributed by atoms with E-state index >= 15 is 0 Å². The van der Waals surface area contributed by atoms with Crippen molar-refractivity contribution in [2.75, 3.05) is 4.90 Å². The molecule has 0 aliphatic carbocycles. The number of hydrogen-bond acceptors (Lipinski definition) is 7. The highest BCUT2D eigenvalue weighted by molar-refractivity contribution is 6.68. The van der Waals surface area contributed by atoms with Crippen LogP contribution in [0, 0.1) is 0 Å². The minimum absolute atomic E-state index is 0.0117. The molecule has 1 aliphatic rings. The zero-order valence-electron chi connectivity index (χ0n) is 14.4. The van der Waals surface area contributed by atoms with E-state index in [1.807, 2.05) is 0 Å². The summed E-state index contributed by atoms with van der Waals surface area (Å²) >= 11 is 23.3. The monoisotopic (exact) mass is 464 g/mol. The van der Waals surface area contributed by atoms with E-state index in [0.717, 1.165) is 4.90 Å². The van der Waals surface area contributed by atoms with Crippen LogP contribution in [0.2, 0.25) is 5.02 Å². The molecule has 2 aromatic heterocycles. The Kier molecular flexibility index (Phi) is 5.60. The standard InChI is InChI=1S/C16H12Cl4N4O4/c1-15(2,16(18,19)20)28-14(26)27-13-11-10(21-5-6-22-11)12(25)24(13)9-4-3-8(17)7-23-9/h3-7,13H,1-2H3/t13-/m0/s1. The Bertz CT molecular complexity index is 918. The molecule has 3 heterocycles. The first-order valence-electron chi connectivity index (χ1n) is 7.73. The molecule has 3 rings (SSSR count). The van der Waals surface area contributed by atoms with Crippen molar-refractivity contribution in [3.8, 4) is 0 Å². The van der Waals surface area contributed by atoms with E-state index in [1.54, 1.807) is 0 Å². The fourth-order valence-electron chi connectivity index (χ4n) is 2.26. The van der Waals surface area contributed by atoms with Crippen LogP contribution >= 0.6 is 46.4 Å². The van der Waals surface area contributed by atoms with Gasteiger partial charge in [-0.3, -0.25) is 9.78 Å². The van der Waals surface area contributed by atoms with Crippen molar-refractivity contribution in [3.63, 3.8) is 0 Å². The highest BCUT2D eigenvalue weighted by Gasteiger charge is 2.47. The molecule has 0 bridgehead atoms.